The first-order chi connectivity index (χ1) is 13.1. The zero-order chi connectivity index (χ0) is 21.2. The number of ether oxygens (including phenoxy) is 2. The third-order valence-electron chi connectivity index (χ3n) is 3.74. The molecule has 2 N–H and O–H groups in total. The van der Waals surface area contributed by atoms with Crippen molar-refractivity contribution < 1.29 is 29.0 Å². The Morgan fingerprint density at radius 2 is 1.79 bits per heavy atom. The van der Waals surface area contributed by atoms with Gasteiger partial charge in [-0.15, -0.1) is 0 Å². The molecule has 8 heteroatoms. The molecule has 0 aliphatic rings. The number of alkyl carbamates (subject to hydrolysis) is 1. The molecule has 1 aromatic rings. The number of aliphatic carboxylic acids is 1. The second-order valence-corrected chi connectivity index (χ2v) is 7.49. The Morgan fingerprint density at radius 3 is 2.36 bits per heavy atom. The molecule has 8 nitrogen and oxygen atoms in total. The van der Waals surface area contributed by atoms with E-state index in [-0.39, 0.29) is 13.0 Å². The molecule has 1 rings (SSSR count). The summed E-state index contributed by atoms with van der Waals surface area (Å²) in [6.07, 6.45) is 0.133. The van der Waals surface area contributed by atoms with E-state index in [4.69, 9.17) is 9.47 Å². The lowest BCUT2D eigenvalue weighted by molar-refractivity contribution is -0.139. The number of carbonyl (C=O) groups is 3. The number of hydrogen-bond donors (Lipinski definition) is 2. The largest absolute Gasteiger partial charge is 0.480 e. The maximum Gasteiger partial charge on any atom is 0.410 e. The van der Waals surface area contributed by atoms with Crippen LogP contribution in [-0.4, -0.2) is 53.4 Å². The minimum absolute atomic E-state index is 0.0691. The number of carboxylic acid groups (broad SMARTS) is 1. The Balaban J connectivity index is 2.33. The van der Waals surface area contributed by atoms with Crippen LogP contribution >= 0.6 is 0 Å². The van der Waals surface area contributed by atoms with Gasteiger partial charge in [0.2, 0.25) is 0 Å². The number of unbranched alkanes of at least 4 members (excludes halogenated alkanes) is 1. The molecule has 0 saturated heterocycles. The van der Waals surface area contributed by atoms with Crippen LogP contribution in [0, 0.1) is 0 Å². The van der Waals surface area contributed by atoms with E-state index in [2.05, 4.69) is 5.32 Å². The van der Waals surface area contributed by atoms with E-state index in [0.717, 1.165) is 5.56 Å². The molecule has 0 heterocycles. The number of benzene rings is 1. The van der Waals surface area contributed by atoms with E-state index in [1.54, 1.807) is 27.8 Å². The number of rotatable bonds is 9. The molecule has 0 unspecified atom stereocenters. The van der Waals surface area contributed by atoms with Crippen molar-refractivity contribution in [3.05, 3.63) is 35.9 Å². The summed E-state index contributed by atoms with van der Waals surface area (Å²) >= 11 is 0. The SMILES string of the molecule is CN(CCCC[C@H](NC(=O)OCc1ccccc1)C(=O)O)C(=O)OC(C)(C)C. The molecule has 1 aromatic carbocycles. The third-order valence-corrected chi connectivity index (χ3v) is 3.74. The fourth-order valence-electron chi connectivity index (χ4n) is 2.29. The second-order valence-electron chi connectivity index (χ2n) is 7.49. The van der Waals surface area contributed by atoms with E-state index in [1.807, 2.05) is 30.3 Å². The van der Waals surface area contributed by atoms with Crippen molar-refractivity contribution in [1.82, 2.24) is 10.2 Å². The van der Waals surface area contributed by atoms with Gasteiger partial charge >= 0.3 is 18.2 Å². The molecule has 0 bridgehead atoms. The van der Waals surface area contributed by atoms with Crippen LogP contribution in [0.2, 0.25) is 0 Å². The number of nitrogens with zero attached hydrogens (tertiary/aromatic N) is 1. The third kappa shape index (κ3) is 9.80. The normalized spacial score (nSPS) is 12.0. The van der Waals surface area contributed by atoms with Gasteiger partial charge in [0.15, 0.2) is 0 Å². The van der Waals surface area contributed by atoms with E-state index in [9.17, 15) is 19.5 Å². The van der Waals surface area contributed by atoms with Gasteiger partial charge in [-0.25, -0.2) is 14.4 Å². The highest BCUT2D eigenvalue weighted by atomic mass is 16.6. The summed E-state index contributed by atoms with van der Waals surface area (Å²) in [5, 5.41) is 11.6. The maximum absolute atomic E-state index is 11.9. The highest BCUT2D eigenvalue weighted by Crippen LogP contribution is 2.10. The van der Waals surface area contributed by atoms with Crippen molar-refractivity contribution >= 4 is 18.2 Å². The monoisotopic (exact) mass is 394 g/mol. The lowest BCUT2D eigenvalue weighted by Gasteiger charge is -2.24. The van der Waals surface area contributed by atoms with E-state index in [1.165, 1.54) is 4.90 Å². The van der Waals surface area contributed by atoms with Gasteiger partial charge in [0.1, 0.15) is 18.2 Å². The van der Waals surface area contributed by atoms with Crippen LogP contribution in [0.3, 0.4) is 0 Å². The zero-order valence-corrected chi connectivity index (χ0v) is 16.9. The van der Waals surface area contributed by atoms with Gasteiger partial charge in [-0.1, -0.05) is 30.3 Å². The number of carbonyl (C=O) groups excluding carboxylic acids is 2. The van der Waals surface area contributed by atoms with Gasteiger partial charge in [0.05, 0.1) is 0 Å². The summed E-state index contributed by atoms with van der Waals surface area (Å²) in [6, 6.07) is 8.07. The molecule has 1 atom stereocenters. The van der Waals surface area contributed by atoms with Crippen molar-refractivity contribution in [2.75, 3.05) is 13.6 Å². The smallest absolute Gasteiger partial charge is 0.410 e. The molecule has 28 heavy (non-hydrogen) atoms. The number of amides is 2. The van der Waals surface area contributed by atoms with Crippen LogP contribution in [0.15, 0.2) is 30.3 Å². The minimum Gasteiger partial charge on any atom is -0.480 e. The van der Waals surface area contributed by atoms with Crippen LogP contribution < -0.4 is 5.32 Å². The fraction of sp³-hybridized carbons (Fsp3) is 0.550. The first-order valence-electron chi connectivity index (χ1n) is 9.22. The molecule has 2 amide bonds. The Morgan fingerprint density at radius 1 is 1.14 bits per heavy atom. The predicted molar refractivity (Wildman–Crippen MR) is 104 cm³/mol. The van der Waals surface area contributed by atoms with Gasteiger partial charge in [-0.2, -0.15) is 0 Å². The van der Waals surface area contributed by atoms with E-state index < -0.39 is 29.8 Å². The molecular weight excluding hydrogens is 364 g/mol. The highest BCUT2D eigenvalue weighted by Gasteiger charge is 2.22. The first kappa shape index (κ1) is 23.3. The fourth-order valence-corrected chi connectivity index (χ4v) is 2.29. The van der Waals surface area contributed by atoms with Crippen molar-refractivity contribution in [3.8, 4) is 0 Å². The molecule has 0 aromatic heterocycles. The Labute approximate surface area is 165 Å². The molecule has 0 fully saturated rings. The summed E-state index contributed by atoms with van der Waals surface area (Å²) < 4.78 is 10.3. The Kier molecular flexibility index (Phi) is 9.27. The van der Waals surface area contributed by atoms with Crippen LogP contribution in [0.5, 0.6) is 0 Å². The molecule has 0 radical (unpaired) electrons. The average Bonchev–Trinajstić information content (AvgIpc) is 2.61. The summed E-state index contributed by atoms with van der Waals surface area (Å²) in [7, 11) is 1.63. The quantitative estimate of drug-likeness (QED) is 0.622. The molecule has 0 spiro atoms. The van der Waals surface area contributed by atoms with Crippen LogP contribution in [0.1, 0.15) is 45.6 Å². The minimum atomic E-state index is -1.13. The summed E-state index contributed by atoms with van der Waals surface area (Å²) in [5.74, 6) is -1.13. The van der Waals surface area contributed by atoms with Crippen molar-refractivity contribution in [2.45, 2.75) is 58.3 Å². The lowest BCUT2D eigenvalue weighted by Crippen LogP contribution is -2.41. The topological polar surface area (TPSA) is 105 Å². The predicted octanol–water partition coefficient (Wildman–Crippen LogP) is 3.40. The maximum atomic E-state index is 11.9. The van der Waals surface area contributed by atoms with Gasteiger partial charge in [-0.05, 0) is 45.6 Å². The Bertz CT molecular complexity index is 642. The number of hydrogen-bond acceptors (Lipinski definition) is 5. The lowest BCUT2D eigenvalue weighted by atomic mass is 10.1. The summed E-state index contributed by atoms with van der Waals surface area (Å²) in [4.78, 5) is 36.5. The Hall–Kier alpha value is -2.77. The molecular formula is C20H30N2O6. The van der Waals surface area contributed by atoms with E-state index in [0.29, 0.717) is 19.4 Å². The van der Waals surface area contributed by atoms with Crippen molar-refractivity contribution in [2.24, 2.45) is 0 Å². The van der Waals surface area contributed by atoms with Crippen molar-refractivity contribution in [3.63, 3.8) is 0 Å². The van der Waals surface area contributed by atoms with Gasteiger partial charge in [0, 0.05) is 13.6 Å². The molecule has 0 aliphatic heterocycles. The second kappa shape index (κ2) is 11.2. The first-order valence-corrected chi connectivity index (χ1v) is 9.22. The summed E-state index contributed by atoms with van der Waals surface area (Å²) in [5.41, 5.74) is 0.249. The highest BCUT2D eigenvalue weighted by molar-refractivity contribution is 5.79. The van der Waals surface area contributed by atoms with Crippen molar-refractivity contribution in [1.29, 1.82) is 0 Å². The van der Waals surface area contributed by atoms with Gasteiger partial charge in [0.25, 0.3) is 0 Å². The van der Waals surface area contributed by atoms with Crippen LogP contribution in [0.25, 0.3) is 0 Å². The molecule has 156 valence electrons. The standard InChI is InChI=1S/C20H30N2O6/c1-20(2,3)28-19(26)22(4)13-9-8-12-16(17(23)24)21-18(25)27-14-15-10-6-5-7-11-15/h5-7,10-11,16H,8-9,12-14H2,1-4H3,(H,21,25)(H,23,24)/t16-/m0/s1. The zero-order valence-electron chi connectivity index (χ0n) is 16.9. The van der Waals surface area contributed by atoms with Crippen LogP contribution in [-0.2, 0) is 20.9 Å². The van der Waals surface area contributed by atoms with Crippen LogP contribution in [0.4, 0.5) is 9.59 Å². The molecule has 0 aliphatic carbocycles. The molecule has 0 saturated carbocycles. The average molecular weight is 394 g/mol. The number of nitrogens with one attached hydrogen (secondary N) is 1. The van der Waals surface area contributed by atoms with E-state index >= 15 is 0 Å². The van der Waals surface area contributed by atoms with Gasteiger partial charge in [-0.3, -0.25) is 0 Å². The number of carboxylic acids is 1. The summed E-state index contributed by atoms with van der Waals surface area (Å²) in [6.45, 7) is 5.87. The van der Waals surface area contributed by atoms with Gasteiger partial charge < -0.3 is 24.8 Å².